The van der Waals surface area contributed by atoms with Gasteiger partial charge in [0.15, 0.2) is 0 Å². The number of aromatic nitrogens is 1. The van der Waals surface area contributed by atoms with Crippen molar-refractivity contribution >= 4 is 16.7 Å². The Hall–Kier alpha value is -2.14. The molecule has 0 aliphatic carbocycles. The topological polar surface area (TPSA) is 65.2 Å². The summed E-state index contributed by atoms with van der Waals surface area (Å²) in [5, 5.41) is 4.86. The molecule has 0 fully saturated rings. The Morgan fingerprint density at radius 1 is 1.30 bits per heavy atom. The van der Waals surface area contributed by atoms with Gasteiger partial charge in [-0.05, 0) is 30.0 Å². The summed E-state index contributed by atoms with van der Waals surface area (Å²) >= 11 is 0. The van der Waals surface area contributed by atoms with Gasteiger partial charge in [0.2, 0.25) is 5.91 Å². The summed E-state index contributed by atoms with van der Waals surface area (Å²) in [6.45, 7) is 4.63. The van der Waals surface area contributed by atoms with Crippen molar-refractivity contribution in [3.05, 3.63) is 45.9 Å². The van der Waals surface area contributed by atoms with Crippen molar-refractivity contribution in [3.63, 3.8) is 0 Å². The predicted octanol–water partition coefficient (Wildman–Crippen LogP) is 1.80. The fourth-order valence-corrected chi connectivity index (χ4v) is 3.12. The van der Waals surface area contributed by atoms with Crippen LogP contribution in [0.4, 0.5) is 0 Å². The van der Waals surface area contributed by atoms with Crippen molar-refractivity contribution in [2.75, 3.05) is 19.6 Å². The van der Waals surface area contributed by atoms with Gasteiger partial charge in [-0.3, -0.25) is 9.59 Å². The monoisotopic (exact) mass is 313 g/mol. The average molecular weight is 313 g/mol. The number of fused-ring (bicyclic) bond motifs is 3. The van der Waals surface area contributed by atoms with E-state index in [4.69, 9.17) is 0 Å². The zero-order valence-electron chi connectivity index (χ0n) is 13.5. The lowest BCUT2D eigenvalue weighted by molar-refractivity contribution is -0.131. The maximum absolute atomic E-state index is 12.4. The van der Waals surface area contributed by atoms with Gasteiger partial charge in [-0.1, -0.05) is 31.5 Å². The second-order valence-electron chi connectivity index (χ2n) is 6.05. The van der Waals surface area contributed by atoms with E-state index < -0.39 is 0 Å². The number of H-pyrrole nitrogens is 1. The van der Waals surface area contributed by atoms with E-state index in [1.54, 1.807) is 0 Å². The van der Waals surface area contributed by atoms with E-state index >= 15 is 0 Å². The molecule has 1 aromatic heterocycles. The van der Waals surface area contributed by atoms with Crippen molar-refractivity contribution < 1.29 is 4.79 Å². The first kappa shape index (κ1) is 15.7. The number of amides is 1. The maximum atomic E-state index is 12.4. The largest absolute Gasteiger partial charge is 0.337 e. The summed E-state index contributed by atoms with van der Waals surface area (Å²) in [7, 11) is 0. The first-order valence-corrected chi connectivity index (χ1v) is 8.32. The molecule has 5 heteroatoms. The molecule has 1 aliphatic heterocycles. The van der Waals surface area contributed by atoms with Crippen LogP contribution in [-0.2, 0) is 17.8 Å². The van der Waals surface area contributed by atoms with Gasteiger partial charge in [0.1, 0.15) is 0 Å². The third-order valence-electron chi connectivity index (χ3n) is 4.44. The van der Waals surface area contributed by atoms with Crippen LogP contribution in [0.15, 0.2) is 29.1 Å². The quantitative estimate of drug-likeness (QED) is 0.827. The van der Waals surface area contributed by atoms with Crippen molar-refractivity contribution in [2.45, 2.75) is 32.7 Å². The Balaban J connectivity index is 1.79. The number of aromatic amines is 1. The zero-order chi connectivity index (χ0) is 16.2. The summed E-state index contributed by atoms with van der Waals surface area (Å²) in [4.78, 5) is 29.4. The smallest absolute Gasteiger partial charge is 0.256 e. The summed E-state index contributed by atoms with van der Waals surface area (Å²) < 4.78 is 0. The standard InChI is InChI=1S/C18H23N3O2/c1-2-3-9-19-11-17(22)21-10-8-16-15(12-21)13-6-4-5-7-14(13)18(23)20-16/h4-7,19H,2-3,8-12H2,1H3,(H,20,23). The van der Waals surface area contributed by atoms with Crippen LogP contribution >= 0.6 is 0 Å². The van der Waals surface area contributed by atoms with Crippen molar-refractivity contribution in [1.82, 2.24) is 15.2 Å². The van der Waals surface area contributed by atoms with Gasteiger partial charge in [-0.15, -0.1) is 0 Å². The average Bonchev–Trinajstić information content (AvgIpc) is 2.58. The van der Waals surface area contributed by atoms with Crippen LogP contribution in [0.25, 0.3) is 10.8 Å². The molecule has 2 heterocycles. The number of rotatable bonds is 5. The van der Waals surface area contributed by atoms with E-state index in [1.807, 2.05) is 29.2 Å². The molecule has 1 aliphatic rings. The Labute approximate surface area is 135 Å². The molecule has 0 spiro atoms. The number of benzene rings is 1. The van der Waals surface area contributed by atoms with E-state index in [1.165, 1.54) is 0 Å². The number of carbonyl (C=O) groups is 1. The molecule has 5 nitrogen and oxygen atoms in total. The molecule has 2 aromatic rings. The lowest BCUT2D eigenvalue weighted by Crippen LogP contribution is -2.42. The number of pyridine rings is 1. The van der Waals surface area contributed by atoms with Gasteiger partial charge in [0.25, 0.3) is 5.56 Å². The van der Waals surface area contributed by atoms with E-state index in [0.29, 0.717) is 31.4 Å². The van der Waals surface area contributed by atoms with E-state index in [2.05, 4.69) is 17.2 Å². The normalized spacial score (nSPS) is 14.0. The van der Waals surface area contributed by atoms with Crippen LogP contribution in [0.3, 0.4) is 0 Å². The number of hydrogen-bond acceptors (Lipinski definition) is 3. The summed E-state index contributed by atoms with van der Waals surface area (Å²) in [5.74, 6) is 0.127. The second-order valence-corrected chi connectivity index (χ2v) is 6.05. The van der Waals surface area contributed by atoms with E-state index in [-0.39, 0.29) is 11.5 Å². The molecule has 1 aromatic carbocycles. The highest BCUT2D eigenvalue weighted by atomic mass is 16.2. The third kappa shape index (κ3) is 3.29. The summed E-state index contributed by atoms with van der Waals surface area (Å²) in [5.41, 5.74) is 2.01. The number of nitrogens with one attached hydrogen (secondary N) is 2. The van der Waals surface area contributed by atoms with Crippen molar-refractivity contribution in [1.29, 1.82) is 0 Å². The molecule has 2 N–H and O–H groups in total. The molecular formula is C18H23N3O2. The lowest BCUT2D eigenvalue weighted by atomic mass is 9.99. The summed E-state index contributed by atoms with van der Waals surface area (Å²) in [6, 6.07) is 7.61. The predicted molar refractivity (Wildman–Crippen MR) is 91.5 cm³/mol. The molecule has 0 radical (unpaired) electrons. The fourth-order valence-electron chi connectivity index (χ4n) is 3.12. The van der Waals surface area contributed by atoms with Crippen LogP contribution < -0.4 is 10.9 Å². The third-order valence-corrected chi connectivity index (χ3v) is 4.44. The van der Waals surface area contributed by atoms with Crippen LogP contribution in [0.5, 0.6) is 0 Å². The lowest BCUT2D eigenvalue weighted by Gasteiger charge is -2.29. The zero-order valence-corrected chi connectivity index (χ0v) is 13.5. The molecule has 1 amide bonds. The van der Waals surface area contributed by atoms with E-state index in [0.717, 1.165) is 36.0 Å². The Morgan fingerprint density at radius 3 is 2.87 bits per heavy atom. The molecule has 122 valence electrons. The highest BCUT2D eigenvalue weighted by Crippen LogP contribution is 2.23. The van der Waals surface area contributed by atoms with Gasteiger partial charge in [-0.2, -0.15) is 0 Å². The first-order chi connectivity index (χ1) is 11.2. The molecule has 23 heavy (non-hydrogen) atoms. The molecule has 0 atom stereocenters. The number of carbonyl (C=O) groups excluding carboxylic acids is 1. The molecule has 3 rings (SSSR count). The van der Waals surface area contributed by atoms with Crippen molar-refractivity contribution in [3.8, 4) is 0 Å². The second kappa shape index (κ2) is 6.96. The highest BCUT2D eigenvalue weighted by molar-refractivity contribution is 5.86. The minimum Gasteiger partial charge on any atom is -0.337 e. The van der Waals surface area contributed by atoms with Crippen molar-refractivity contribution in [2.24, 2.45) is 0 Å². The maximum Gasteiger partial charge on any atom is 0.256 e. The van der Waals surface area contributed by atoms with Crippen LogP contribution in [-0.4, -0.2) is 35.4 Å². The van der Waals surface area contributed by atoms with Gasteiger partial charge in [-0.25, -0.2) is 0 Å². The minimum atomic E-state index is -0.0413. The number of unbranched alkanes of at least 4 members (excludes halogenated alkanes) is 1. The molecule has 0 saturated heterocycles. The Kier molecular flexibility index (Phi) is 4.76. The van der Waals surface area contributed by atoms with Crippen LogP contribution in [0.2, 0.25) is 0 Å². The highest BCUT2D eigenvalue weighted by Gasteiger charge is 2.23. The molecule has 0 bridgehead atoms. The van der Waals surface area contributed by atoms with Crippen LogP contribution in [0, 0.1) is 0 Å². The molecule has 0 unspecified atom stereocenters. The molecular weight excluding hydrogens is 290 g/mol. The van der Waals surface area contributed by atoms with E-state index in [9.17, 15) is 9.59 Å². The molecule has 0 saturated carbocycles. The fraction of sp³-hybridized carbons (Fsp3) is 0.444. The number of hydrogen-bond donors (Lipinski definition) is 2. The van der Waals surface area contributed by atoms with Gasteiger partial charge in [0.05, 0.1) is 6.54 Å². The number of nitrogens with zero attached hydrogens (tertiary/aromatic N) is 1. The SMILES string of the molecule is CCCCNCC(=O)N1CCc2[nH]c(=O)c3ccccc3c2C1. The van der Waals surface area contributed by atoms with Crippen LogP contribution in [0.1, 0.15) is 31.0 Å². The van der Waals surface area contributed by atoms with Gasteiger partial charge >= 0.3 is 0 Å². The summed E-state index contributed by atoms with van der Waals surface area (Å²) in [6.07, 6.45) is 2.91. The minimum absolute atomic E-state index is 0.0413. The Bertz CT molecular complexity index is 766. The van der Waals surface area contributed by atoms with Gasteiger partial charge in [0, 0.05) is 30.6 Å². The first-order valence-electron chi connectivity index (χ1n) is 8.32. The van der Waals surface area contributed by atoms with Gasteiger partial charge < -0.3 is 15.2 Å². The Morgan fingerprint density at radius 2 is 2.09 bits per heavy atom.